The third-order valence-electron chi connectivity index (χ3n) is 4.20. The lowest BCUT2D eigenvalue weighted by molar-refractivity contribution is 0.0635. The molecule has 3 rings (SSSR count). The van der Waals surface area contributed by atoms with Crippen LogP contribution in [0.3, 0.4) is 0 Å². The fraction of sp³-hybridized carbons (Fsp3) is 0.333. The van der Waals surface area contributed by atoms with E-state index in [4.69, 9.17) is 0 Å². The first-order valence-electron chi connectivity index (χ1n) is 7.91. The zero-order valence-corrected chi connectivity index (χ0v) is 13.9. The fourth-order valence-corrected chi connectivity index (χ4v) is 3.48. The largest absolute Gasteiger partial charge is 0.336 e. The van der Waals surface area contributed by atoms with Gasteiger partial charge in [0.15, 0.2) is 0 Å². The van der Waals surface area contributed by atoms with Crippen LogP contribution in [0.25, 0.3) is 0 Å². The number of rotatable bonds is 3. The van der Waals surface area contributed by atoms with Crippen molar-refractivity contribution in [3.63, 3.8) is 0 Å². The van der Waals surface area contributed by atoms with E-state index in [0.29, 0.717) is 22.2 Å². The molecule has 4 nitrogen and oxygen atoms in total. The molecule has 1 fully saturated rings. The Morgan fingerprint density at radius 3 is 2.61 bits per heavy atom. The molecule has 1 N–H and O–H groups in total. The molecule has 1 unspecified atom stereocenters. The molecule has 1 aromatic carbocycles. The summed E-state index contributed by atoms with van der Waals surface area (Å²) in [5.41, 5.74) is 1.37. The molecule has 0 radical (unpaired) electrons. The summed E-state index contributed by atoms with van der Waals surface area (Å²) in [6.07, 6.45) is 3.34. The molecular weight excluding hydrogens is 308 g/mol. The van der Waals surface area contributed by atoms with E-state index in [1.807, 2.05) is 16.3 Å². The van der Waals surface area contributed by atoms with Crippen LogP contribution in [0.5, 0.6) is 0 Å². The number of carbonyl (C=O) groups is 2. The second kappa shape index (κ2) is 6.96. The maximum Gasteiger partial charge on any atom is 0.265 e. The van der Waals surface area contributed by atoms with Crippen molar-refractivity contribution in [3.05, 3.63) is 52.2 Å². The quantitative estimate of drug-likeness (QED) is 0.925. The smallest absolute Gasteiger partial charge is 0.265 e. The van der Waals surface area contributed by atoms with Crippen LogP contribution in [0.4, 0.5) is 5.69 Å². The van der Waals surface area contributed by atoms with Crippen molar-refractivity contribution >= 4 is 28.8 Å². The van der Waals surface area contributed by atoms with E-state index in [1.54, 1.807) is 30.3 Å². The van der Waals surface area contributed by atoms with E-state index < -0.39 is 0 Å². The number of hydrogen-bond acceptors (Lipinski definition) is 3. The maximum absolute atomic E-state index is 12.6. The Morgan fingerprint density at radius 1 is 1.17 bits per heavy atom. The van der Waals surface area contributed by atoms with Crippen LogP contribution in [0.1, 0.15) is 46.2 Å². The molecule has 2 heterocycles. The number of benzene rings is 1. The van der Waals surface area contributed by atoms with Gasteiger partial charge in [-0.05, 0) is 61.9 Å². The van der Waals surface area contributed by atoms with Gasteiger partial charge in [-0.25, -0.2) is 0 Å². The molecule has 1 aliphatic heterocycles. The van der Waals surface area contributed by atoms with Gasteiger partial charge in [-0.2, -0.15) is 0 Å². The third kappa shape index (κ3) is 3.62. The predicted molar refractivity (Wildman–Crippen MR) is 93.1 cm³/mol. The lowest BCUT2D eigenvalue weighted by Crippen LogP contribution is -2.42. The van der Waals surface area contributed by atoms with E-state index in [1.165, 1.54) is 17.8 Å². The number of amides is 2. The Hall–Kier alpha value is -2.14. The monoisotopic (exact) mass is 328 g/mol. The highest BCUT2D eigenvalue weighted by atomic mass is 32.1. The van der Waals surface area contributed by atoms with E-state index in [2.05, 4.69) is 12.2 Å². The molecule has 23 heavy (non-hydrogen) atoms. The molecule has 0 spiro atoms. The fourth-order valence-electron chi connectivity index (χ4n) is 2.86. The van der Waals surface area contributed by atoms with Gasteiger partial charge in [0.1, 0.15) is 0 Å². The van der Waals surface area contributed by atoms with Crippen molar-refractivity contribution in [3.8, 4) is 0 Å². The number of hydrogen-bond donors (Lipinski definition) is 1. The summed E-state index contributed by atoms with van der Waals surface area (Å²) in [4.78, 5) is 27.2. The minimum absolute atomic E-state index is 0.0772. The van der Waals surface area contributed by atoms with Gasteiger partial charge in [-0.3, -0.25) is 9.59 Å². The van der Waals surface area contributed by atoms with E-state index in [-0.39, 0.29) is 11.8 Å². The van der Waals surface area contributed by atoms with Gasteiger partial charge in [-0.1, -0.05) is 6.07 Å². The minimum atomic E-state index is -0.122. The van der Waals surface area contributed by atoms with Crippen LogP contribution in [0, 0.1) is 0 Å². The van der Waals surface area contributed by atoms with E-state index in [0.717, 1.165) is 19.4 Å². The van der Waals surface area contributed by atoms with Gasteiger partial charge < -0.3 is 10.2 Å². The Balaban J connectivity index is 1.67. The van der Waals surface area contributed by atoms with Crippen LogP contribution in [0.15, 0.2) is 41.8 Å². The lowest BCUT2D eigenvalue weighted by atomic mass is 10.0. The summed E-state index contributed by atoms with van der Waals surface area (Å²) >= 11 is 1.40. The summed E-state index contributed by atoms with van der Waals surface area (Å²) in [5, 5.41) is 4.72. The van der Waals surface area contributed by atoms with Crippen LogP contribution in [-0.4, -0.2) is 29.3 Å². The Kier molecular flexibility index (Phi) is 4.76. The van der Waals surface area contributed by atoms with Crippen molar-refractivity contribution in [2.24, 2.45) is 0 Å². The Morgan fingerprint density at radius 2 is 1.96 bits per heavy atom. The number of anilines is 1. The molecule has 1 saturated heterocycles. The van der Waals surface area contributed by atoms with Crippen molar-refractivity contribution < 1.29 is 9.59 Å². The summed E-state index contributed by atoms with van der Waals surface area (Å²) in [6, 6.07) is 11.1. The number of nitrogens with zero attached hydrogens (tertiary/aromatic N) is 1. The van der Waals surface area contributed by atoms with Gasteiger partial charge in [0, 0.05) is 23.8 Å². The first kappa shape index (κ1) is 15.7. The zero-order chi connectivity index (χ0) is 16.2. The standard InChI is InChI=1S/C18H20N2O2S/c1-13-5-2-3-11-20(13)18(22)14-7-9-15(10-8-14)19-17(21)16-6-4-12-23-16/h4,6-10,12-13H,2-3,5,11H2,1H3,(H,19,21). The molecule has 2 amide bonds. The average Bonchev–Trinajstić information content (AvgIpc) is 3.10. The summed E-state index contributed by atoms with van der Waals surface area (Å²) in [5.74, 6) is -0.0444. The molecular formula is C18H20N2O2S. The van der Waals surface area contributed by atoms with Gasteiger partial charge in [-0.15, -0.1) is 11.3 Å². The molecule has 0 bridgehead atoms. The van der Waals surface area contributed by atoms with Crippen molar-refractivity contribution in [2.75, 3.05) is 11.9 Å². The van der Waals surface area contributed by atoms with E-state index >= 15 is 0 Å². The van der Waals surface area contributed by atoms with Crippen molar-refractivity contribution in [2.45, 2.75) is 32.2 Å². The molecule has 1 aliphatic rings. The Labute approximate surface area is 140 Å². The van der Waals surface area contributed by atoms with Crippen molar-refractivity contribution in [1.29, 1.82) is 0 Å². The molecule has 1 aromatic heterocycles. The Bertz CT molecular complexity index is 680. The number of carbonyl (C=O) groups excluding carboxylic acids is 2. The molecule has 2 aromatic rings. The highest BCUT2D eigenvalue weighted by Gasteiger charge is 2.24. The normalized spacial score (nSPS) is 17.8. The summed E-state index contributed by atoms with van der Waals surface area (Å²) in [7, 11) is 0. The zero-order valence-electron chi connectivity index (χ0n) is 13.1. The van der Waals surface area contributed by atoms with Crippen LogP contribution < -0.4 is 5.32 Å². The van der Waals surface area contributed by atoms with Gasteiger partial charge in [0.05, 0.1) is 4.88 Å². The molecule has 5 heteroatoms. The minimum Gasteiger partial charge on any atom is -0.336 e. The van der Waals surface area contributed by atoms with Crippen LogP contribution in [0.2, 0.25) is 0 Å². The number of thiophene rings is 1. The predicted octanol–water partition coefficient (Wildman–Crippen LogP) is 4.02. The molecule has 0 aliphatic carbocycles. The lowest BCUT2D eigenvalue weighted by Gasteiger charge is -2.33. The van der Waals surface area contributed by atoms with Gasteiger partial charge >= 0.3 is 0 Å². The first-order valence-corrected chi connectivity index (χ1v) is 8.79. The summed E-state index contributed by atoms with van der Waals surface area (Å²) < 4.78 is 0. The highest BCUT2D eigenvalue weighted by molar-refractivity contribution is 7.12. The van der Waals surface area contributed by atoms with E-state index in [9.17, 15) is 9.59 Å². The van der Waals surface area contributed by atoms with Crippen LogP contribution in [-0.2, 0) is 0 Å². The first-order chi connectivity index (χ1) is 11.1. The number of likely N-dealkylation sites (tertiary alicyclic amines) is 1. The molecule has 1 atom stereocenters. The number of nitrogens with one attached hydrogen (secondary N) is 1. The maximum atomic E-state index is 12.6. The molecule has 0 saturated carbocycles. The SMILES string of the molecule is CC1CCCCN1C(=O)c1ccc(NC(=O)c2cccs2)cc1. The highest BCUT2D eigenvalue weighted by Crippen LogP contribution is 2.20. The molecule has 120 valence electrons. The second-order valence-electron chi connectivity index (χ2n) is 5.85. The topological polar surface area (TPSA) is 49.4 Å². The van der Waals surface area contributed by atoms with Gasteiger partial charge in [0.25, 0.3) is 11.8 Å². The van der Waals surface area contributed by atoms with Crippen molar-refractivity contribution in [1.82, 2.24) is 4.90 Å². The van der Waals surface area contributed by atoms with Gasteiger partial charge in [0.2, 0.25) is 0 Å². The second-order valence-corrected chi connectivity index (χ2v) is 6.80. The average molecular weight is 328 g/mol. The summed E-state index contributed by atoms with van der Waals surface area (Å²) in [6.45, 7) is 2.93. The van der Waals surface area contributed by atoms with Crippen LogP contribution >= 0.6 is 11.3 Å². The third-order valence-corrected chi connectivity index (χ3v) is 5.07. The number of piperidine rings is 1.